The molecule has 3 aromatic carbocycles. The molecule has 0 bridgehead atoms. The Balaban J connectivity index is 1.59. The van der Waals surface area contributed by atoms with Gasteiger partial charge in [0, 0.05) is 11.3 Å². The summed E-state index contributed by atoms with van der Waals surface area (Å²) in [6.07, 6.45) is -0.692. The minimum Gasteiger partial charge on any atom is -0.492 e. The Morgan fingerprint density at radius 1 is 0.867 bits per heavy atom. The molecular weight excluding hydrogens is 380 g/mol. The molecule has 0 heterocycles. The number of benzene rings is 3. The summed E-state index contributed by atoms with van der Waals surface area (Å²) >= 11 is 0. The fourth-order valence-electron chi connectivity index (χ4n) is 2.75. The van der Waals surface area contributed by atoms with Crippen LogP contribution in [0.2, 0.25) is 0 Å². The molecule has 6 nitrogen and oxygen atoms in total. The third kappa shape index (κ3) is 5.61. The van der Waals surface area contributed by atoms with Crippen LogP contribution in [0.1, 0.15) is 24.2 Å². The first-order valence-electron chi connectivity index (χ1n) is 9.72. The van der Waals surface area contributed by atoms with Crippen molar-refractivity contribution in [2.75, 3.05) is 17.2 Å². The standard InChI is InChI=1S/C24H24N2O4/c1-3-29-22-12-8-7-11-21(22)26-24(28)18-13-15-20(16-14-18)30-17(2)23(27)25-19-9-5-4-6-10-19/h4-17H,3H2,1-2H3,(H,25,27)(H,26,28)/t17-/m1/s1. The van der Waals surface area contributed by atoms with E-state index in [2.05, 4.69) is 10.6 Å². The van der Waals surface area contributed by atoms with Gasteiger partial charge in [0.2, 0.25) is 0 Å². The average Bonchev–Trinajstić information content (AvgIpc) is 2.76. The third-order valence-corrected chi connectivity index (χ3v) is 4.28. The first-order valence-corrected chi connectivity index (χ1v) is 9.72. The van der Waals surface area contributed by atoms with Gasteiger partial charge in [0.1, 0.15) is 11.5 Å². The zero-order valence-corrected chi connectivity index (χ0v) is 16.9. The molecule has 30 heavy (non-hydrogen) atoms. The van der Waals surface area contributed by atoms with Gasteiger partial charge in [0.05, 0.1) is 12.3 Å². The maximum atomic E-state index is 12.5. The van der Waals surface area contributed by atoms with Gasteiger partial charge < -0.3 is 20.1 Å². The van der Waals surface area contributed by atoms with Gasteiger partial charge in [-0.25, -0.2) is 0 Å². The summed E-state index contributed by atoms with van der Waals surface area (Å²) in [5, 5.41) is 5.64. The Hall–Kier alpha value is -3.80. The monoisotopic (exact) mass is 404 g/mol. The number of carbonyl (C=O) groups excluding carboxylic acids is 2. The van der Waals surface area contributed by atoms with Crippen molar-refractivity contribution in [3.8, 4) is 11.5 Å². The first kappa shape index (κ1) is 20.9. The zero-order chi connectivity index (χ0) is 21.3. The van der Waals surface area contributed by atoms with Crippen LogP contribution in [-0.2, 0) is 4.79 Å². The van der Waals surface area contributed by atoms with Gasteiger partial charge in [-0.2, -0.15) is 0 Å². The Kier molecular flexibility index (Phi) is 7.05. The highest BCUT2D eigenvalue weighted by Gasteiger charge is 2.15. The van der Waals surface area contributed by atoms with Crippen LogP contribution in [0.3, 0.4) is 0 Å². The molecule has 0 aliphatic carbocycles. The number of ether oxygens (including phenoxy) is 2. The smallest absolute Gasteiger partial charge is 0.265 e. The van der Waals surface area contributed by atoms with E-state index in [4.69, 9.17) is 9.47 Å². The van der Waals surface area contributed by atoms with E-state index in [1.54, 1.807) is 43.3 Å². The number of anilines is 2. The van der Waals surface area contributed by atoms with E-state index in [-0.39, 0.29) is 11.8 Å². The van der Waals surface area contributed by atoms with Crippen molar-refractivity contribution in [3.63, 3.8) is 0 Å². The fraction of sp³-hybridized carbons (Fsp3) is 0.167. The highest BCUT2D eigenvalue weighted by atomic mass is 16.5. The lowest BCUT2D eigenvalue weighted by Crippen LogP contribution is -2.30. The second-order valence-electron chi connectivity index (χ2n) is 6.52. The molecule has 1 atom stereocenters. The summed E-state index contributed by atoms with van der Waals surface area (Å²) in [5.41, 5.74) is 1.78. The summed E-state index contributed by atoms with van der Waals surface area (Å²) in [7, 11) is 0. The molecule has 0 saturated carbocycles. The van der Waals surface area contributed by atoms with Crippen LogP contribution in [-0.4, -0.2) is 24.5 Å². The molecular formula is C24H24N2O4. The third-order valence-electron chi connectivity index (χ3n) is 4.28. The molecule has 6 heteroatoms. The number of nitrogens with one attached hydrogen (secondary N) is 2. The van der Waals surface area contributed by atoms with Crippen LogP contribution in [0.4, 0.5) is 11.4 Å². The molecule has 0 aromatic heterocycles. The van der Waals surface area contributed by atoms with Gasteiger partial charge in [-0.3, -0.25) is 9.59 Å². The molecule has 3 aromatic rings. The van der Waals surface area contributed by atoms with Gasteiger partial charge in [-0.05, 0) is 62.4 Å². The molecule has 0 aliphatic rings. The number of para-hydroxylation sites is 3. The lowest BCUT2D eigenvalue weighted by molar-refractivity contribution is -0.122. The minimum absolute atomic E-state index is 0.254. The van der Waals surface area contributed by atoms with Crippen molar-refractivity contribution in [1.82, 2.24) is 0 Å². The first-order chi connectivity index (χ1) is 14.6. The van der Waals surface area contributed by atoms with Crippen LogP contribution in [0, 0.1) is 0 Å². The predicted octanol–water partition coefficient (Wildman–Crippen LogP) is 4.74. The second-order valence-corrected chi connectivity index (χ2v) is 6.52. The molecule has 2 amide bonds. The van der Waals surface area contributed by atoms with Crippen LogP contribution in [0.25, 0.3) is 0 Å². The van der Waals surface area contributed by atoms with Crippen LogP contribution < -0.4 is 20.1 Å². The van der Waals surface area contributed by atoms with Gasteiger partial charge in [0.15, 0.2) is 6.10 Å². The SMILES string of the molecule is CCOc1ccccc1NC(=O)c1ccc(O[C@H](C)C(=O)Nc2ccccc2)cc1. The van der Waals surface area contributed by atoms with E-state index in [0.29, 0.717) is 35.0 Å². The Morgan fingerprint density at radius 3 is 2.23 bits per heavy atom. The summed E-state index contributed by atoms with van der Waals surface area (Å²) in [6.45, 7) is 4.07. The zero-order valence-electron chi connectivity index (χ0n) is 16.9. The highest BCUT2D eigenvalue weighted by molar-refractivity contribution is 6.05. The van der Waals surface area contributed by atoms with Crippen LogP contribution >= 0.6 is 0 Å². The molecule has 0 aliphatic heterocycles. The molecule has 0 unspecified atom stereocenters. The van der Waals surface area contributed by atoms with E-state index in [1.165, 1.54) is 0 Å². The number of rotatable bonds is 8. The number of hydrogen-bond acceptors (Lipinski definition) is 4. The molecule has 0 fully saturated rings. The van der Waals surface area contributed by atoms with Gasteiger partial charge in [-0.15, -0.1) is 0 Å². The Labute approximate surface area is 175 Å². The maximum absolute atomic E-state index is 12.5. The average molecular weight is 404 g/mol. The number of hydrogen-bond donors (Lipinski definition) is 2. The van der Waals surface area contributed by atoms with E-state index >= 15 is 0 Å². The summed E-state index contributed by atoms with van der Waals surface area (Å²) in [5.74, 6) is 0.600. The molecule has 0 saturated heterocycles. The van der Waals surface area contributed by atoms with Crippen molar-refractivity contribution >= 4 is 23.2 Å². The summed E-state index contributed by atoms with van der Waals surface area (Å²) in [6, 6.07) is 23.1. The van der Waals surface area contributed by atoms with Crippen molar-refractivity contribution in [2.24, 2.45) is 0 Å². The van der Waals surface area contributed by atoms with E-state index < -0.39 is 6.10 Å². The van der Waals surface area contributed by atoms with E-state index in [9.17, 15) is 9.59 Å². The predicted molar refractivity (Wildman–Crippen MR) is 117 cm³/mol. The Bertz CT molecular complexity index is 988. The molecule has 3 rings (SSSR count). The minimum atomic E-state index is -0.692. The van der Waals surface area contributed by atoms with Gasteiger partial charge >= 0.3 is 0 Å². The summed E-state index contributed by atoms with van der Waals surface area (Å²) in [4.78, 5) is 24.8. The highest BCUT2D eigenvalue weighted by Crippen LogP contribution is 2.24. The Morgan fingerprint density at radius 2 is 1.53 bits per heavy atom. The van der Waals surface area contributed by atoms with Gasteiger partial charge in [0.25, 0.3) is 11.8 Å². The number of carbonyl (C=O) groups is 2. The quantitative estimate of drug-likeness (QED) is 0.568. The van der Waals surface area contributed by atoms with Crippen molar-refractivity contribution < 1.29 is 19.1 Å². The van der Waals surface area contributed by atoms with Crippen molar-refractivity contribution in [3.05, 3.63) is 84.4 Å². The topological polar surface area (TPSA) is 76.7 Å². The molecule has 154 valence electrons. The largest absolute Gasteiger partial charge is 0.492 e. The molecule has 2 N–H and O–H groups in total. The maximum Gasteiger partial charge on any atom is 0.265 e. The van der Waals surface area contributed by atoms with Crippen LogP contribution in [0.15, 0.2) is 78.9 Å². The lowest BCUT2D eigenvalue weighted by atomic mass is 10.2. The van der Waals surface area contributed by atoms with E-state index in [0.717, 1.165) is 0 Å². The fourth-order valence-corrected chi connectivity index (χ4v) is 2.75. The lowest BCUT2D eigenvalue weighted by Gasteiger charge is -2.15. The second kappa shape index (κ2) is 10.1. The molecule has 0 radical (unpaired) electrons. The van der Waals surface area contributed by atoms with Crippen molar-refractivity contribution in [2.45, 2.75) is 20.0 Å². The molecule has 0 spiro atoms. The van der Waals surface area contributed by atoms with Crippen LogP contribution in [0.5, 0.6) is 11.5 Å². The van der Waals surface area contributed by atoms with E-state index in [1.807, 2.05) is 49.4 Å². The summed E-state index contributed by atoms with van der Waals surface area (Å²) < 4.78 is 11.2. The van der Waals surface area contributed by atoms with Gasteiger partial charge in [-0.1, -0.05) is 30.3 Å². The van der Waals surface area contributed by atoms with Crippen molar-refractivity contribution in [1.29, 1.82) is 0 Å². The number of amides is 2. The normalized spacial score (nSPS) is 11.3.